The van der Waals surface area contributed by atoms with Gasteiger partial charge in [0.1, 0.15) is 0 Å². The van der Waals surface area contributed by atoms with Gasteiger partial charge in [-0.05, 0) is 42.0 Å². The van der Waals surface area contributed by atoms with Crippen molar-refractivity contribution in [2.75, 3.05) is 17.3 Å². The molecule has 152 valence electrons. The van der Waals surface area contributed by atoms with Crippen molar-refractivity contribution in [1.29, 1.82) is 0 Å². The highest BCUT2D eigenvalue weighted by atomic mass is 32.2. The Hall–Kier alpha value is -3.13. The highest BCUT2D eigenvalue weighted by Gasteiger charge is 2.37. The Bertz CT molecular complexity index is 1090. The number of fused-ring (bicyclic) bond motifs is 1. The molecule has 1 aliphatic heterocycles. The quantitative estimate of drug-likeness (QED) is 0.583. The molecule has 0 fully saturated rings. The number of hydrogen-bond acceptors (Lipinski definition) is 5. The van der Waals surface area contributed by atoms with E-state index in [2.05, 4.69) is 46.1 Å². The molecule has 0 spiro atoms. The molecule has 0 radical (unpaired) electrons. The van der Waals surface area contributed by atoms with Gasteiger partial charge in [0.15, 0.2) is 0 Å². The Morgan fingerprint density at radius 2 is 1.76 bits per heavy atom. The predicted octanol–water partition coefficient (Wildman–Crippen LogP) is 3.22. The number of nitrogens with one attached hydrogen (secondary N) is 2. The summed E-state index contributed by atoms with van der Waals surface area (Å²) in [6.07, 6.45) is 3.26. The van der Waals surface area contributed by atoms with Gasteiger partial charge in [0.25, 0.3) is 10.0 Å². The van der Waals surface area contributed by atoms with Gasteiger partial charge in [-0.1, -0.05) is 32.0 Å². The molecule has 8 heteroatoms. The number of hydrazone groups is 1. The summed E-state index contributed by atoms with van der Waals surface area (Å²) in [6, 6.07) is 14.0. The van der Waals surface area contributed by atoms with Crippen molar-refractivity contribution >= 4 is 33.5 Å². The number of carbonyl (C=O) groups excluding carboxylic acids is 1. The maximum Gasteiger partial charge on any atom is 0.276 e. The Morgan fingerprint density at radius 3 is 2.38 bits per heavy atom. The van der Waals surface area contributed by atoms with E-state index in [1.807, 2.05) is 25.3 Å². The zero-order valence-electron chi connectivity index (χ0n) is 16.8. The smallest absolute Gasteiger partial charge is 0.276 e. The van der Waals surface area contributed by atoms with E-state index in [1.54, 1.807) is 0 Å². The van der Waals surface area contributed by atoms with E-state index in [1.165, 1.54) is 43.0 Å². The van der Waals surface area contributed by atoms with Crippen LogP contribution in [0.15, 0.2) is 70.3 Å². The summed E-state index contributed by atoms with van der Waals surface area (Å²) in [4.78, 5) is 15.4. The van der Waals surface area contributed by atoms with Gasteiger partial charge < -0.3 is 10.2 Å². The fourth-order valence-electron chi connectivity index (χ4n) is 3.48. The number of amides is 1. The molecule has 0 atom stereocenters. The molecule has 2 aromatic rings. The molecule has 0 aromatic heterocycles. The zero-order chi connectivity index (χ0) is 21.2. The van der Waals surface area contributed by atoms with Crippen molar-refractivity contribution in [3.8, 4) is 0 Å². The zero-order valence-corrected chi connectivity index (χ0v) is 17.6. The van der Waals surface area contributed by atoms with E-state index >= 15 is 0 Å². The lowest BCUT2D eigenvalue weighted by Gasteiger charge is -2.23. The standard InChI is InChI=1S/C21H24N4O3S/c1-15(26)23-16-9-11-17(12-10-16)29(27,28)24-22-14-13-20-21(2,3)18-7-5-6-8-19(18)25(20)4/h5-14,24H,1-4H3,(H,23,26)/b20-13+,22-14-. The van der Waals surface area contributed by atoms with Crippen molar-refractivity contribution in [2.45, 2.75) is 31.1 Å². The first-order chi connectivity index (χ1) is 13.6. The number of likely N-dealkylation sites (N-methyl/N-ethyl adjacent to an activating group) is 1. The third kappa shape index (κ3) is 4.17. The van der Waals surface area contributed by atoms with Crippen LogP contribution in [0, 0.1) is 0 Å². The Labute approximate surface area is 171 Å². The van der Waals surface area contributed by atoms with Crippen molar-refractivity contribution in [2.24, 2.45) is 5.10 Å². The van der Waals surface area contributed by atoms with Gasteiger partial charge in [0, 0.05) is 42.7 Å². The second-order valence-electron chi connectivity index (χ2n) is 7.33. The summed E-state index contributed by atoms with van der Waals surface area (Å²) in [7, 11) is -1.82. The molecule has 1 aliphatic rings. The average Bonchev–Trinajstić information content (AvgIpc) is 2.85. The van der Waals surface area contributed by atoms with Crippen LogP contribution in [-0.2, 0) is 20.2 Å². The van der Waals surface area contributed by atoms with Crippen LogP contribution in [-0.4, -0.2) is 27.6 Å². The van der Waals surface area contributed by atoms with Crippen molar-refractivity contribution < 1.29 is 13.2 Å². The van der Waals surface area contributed by atoms with Crippen LogP contribution in [0.1, 0.15) is 26.3 Å². The number of anilines is 2. The van der Waals surface area contributed by atoms with Crippen LogP contribution in [0.2, 0.25) is 0 Å². The maximum atomic E-state index is 12.4. The number of hydrogen-bond donors (Lipinski definition) is 2. The normalized spacial score (nSPS) is 16.8. The van der Waals surface area contributed by atoms with Crippen LogP contribution in [0.25, 0.3) is 0 Å². The fraction of sp³-hybridized carbons (Fsp3) is 0.238. The molecule has 1 heterocycles. The summed E-state index contributed by atoms with van der Waals surface area (Å²) < 4.78 is 24.8. The maximum absolute atomic E-state index is 12.4. The van der Waals surface area contributed by atoms with Crippen LogP contribution < -0.4 is 15.0 Å². The fourth-order valence-corrected chi connectivity index (χ4v) is 4.28. The number of para-hydroxylation sites is 1. The van der Waals surface area contributed by atoms with E-state index in [0.29, 0.717) is 5.69 Å². The Kier molecular flexibility index (Phi) is 5.48. The van der Waals surface area contributed by atoms with Crippen LogP contribution in [0.3, 0.4) is 0 Å². The number of sulfonamides is 1. The number of nitrogens with zero attached hydrogens (tertiary/aromatic N) is 2. The third-order valence-corrected chi connectivity index (χ3v) is 6.14. The van der Waals surface area contributed by atoms with Crippen molar-refractivity contribution in [1.82, 2.24) is 4.83 Å². The molecule has 2 N–H and O–H groups in total. The third-order valence-electron chi connectivity index (χ3n) is 4.91. The molecule has 0 bridgehead atoms. The highest BCUT2D eigenvalue weighted by molar-refractivity contribution is 7.89. The molecule has 29 heavy (non-hydrogen) atoms. The van der Waals surface area contributed by atoms with Gasteiger partial charge in [-0.3, -0.25) is 4.79 Å². The lowest BCUT2D eigenvalue weighted by atomic mass is 9.84. The summed E-state index contributed by atoms with van der Waals surface area (Å²) >= 11 is 0. The molecule has 0 unspecified atom stereocenters. The van der Waals surface area contributed by atoms with Crippen molar-refractivity contribution in [3.63, 3.8) is 0 Å². The second kappa shape index (κ2) is 7.71. The summed E-state index contributed by atoms with van der Waals surface area (Å²) in [6.45, 7) is 5.63. The molecule has 7 nitrogen and oxygen atoms in total. The minimum absolute atomic E-state index is 0.0575. The first-order valence-corrected chi connectivity index (χ1v) is 10.6. The molecule has 1 amide bonds. The van der Waals surface area contributed by atoms with Gasteiger partial charge >= 0.3 is 0 Å². The van der Waals surface area contributed by atoms with Gasteiger partial charge in [-0.2, -0.15) is 13.5 Å². The van der Waals surface area contributed by atoms with E-state index in [-0.39, 0.29) is 16.2 Å². The largest absolute Gasteiger partial charge is 0.347 e. The van der Waals surface area contributed by atoms with E-state index in [4.69, 9.17) is 0 Å². The lowest BCUT2D eigenvalue weighted by Crippen LogP contribution is -2.23. The summed E-state index contributed by atoms with van der Waals surface area (Å²) in [5, 5.41) is 6.47. The molecule has 2 aromatic carbocycles. The van der Waals surface area contributed by atoms with Gasteiger partial charge in [-0.25, -0.2) is 4.83 Å². The van der Waals surface area contributed by atoms with Gasteiger partial charge in [0.05, 0.1) is 4.90 Å². The van der Waals surface area contributed by atoms with Crippen LogP contribution >= 0.6 is 0 Å². The second-order valence-corrected chi connectivity index (χ2v) is 8.99. The monoisotopic (exact) mass is 412 g/mol. The summed E-state index contributed by atoms with van der Waals surface area (Å²) in [5.41, 5.74) is 3.66. The van der Waals surface area contributed by atoms with Crippen molar-refractivity contribution in [3.05, 3.63) is 65.9 Å². The number of benzene rings is 2. The molecule has 3 rings (SSSR count). The molecule has 0 aliphatic carbocycles. The minimum Gasteiger partial charge on any atom is -0.347 e. The minimum atomic E-state index is -3.80. The Morgan fingerprint density at radius 1 is 1.10 bits per heavy atom. The van der Waals surface area contributed by atoms with Gasteiger partial charge in [-0.15, -0.1) is 0 Å². The topological polar surface area (TPSA) is 90.9 Å². The summed E-state index contributed by atoms with van der Waals surface area (Å²) in [5.74, 6) is -0.224. The number of carbonyl (C=O) groups is 1. The van der Waals surface area contributed by atoms with Crippen LogP contribution in [0.4, 0.5) is 11.4 Å². The van der Waals surface area contributed by atoms with Crippen LogP contribution in [0.5, 0.6) is 0 Å². The number of rotatable bonds is 5. The Balaban J connectivity index is 1.73. The van der Waals surface area contributed by atoms with E-state index in [9.17, 15) is 13.2 Å². The first kappa shape index (κ1) is 20.6. The molecular formula is C21H24N4O3S. The van der Waals surface area contributed by atoms with E-state index < -0.39 is 10.0 Å². The molecule has 0 saturated carbocycles. The number of allylic oxidation sites excluding steroid dienone is 2. The SMILES string of the molecule is CC(=O)Nc1ccc(S(=O)(=O)N/N=C\C=C2\N(C)c3ccccc3C2(C)C)cc1. The molecular weight excluding hydrogens is 388 g/mol. The average molecular weight is 413 g/mol. The predicted molar refractivity (Wildman–Crippen MR) is 116 cm³/mol. The lowest BCUT2D eigenvalue weighted by molar-refractivity contribution is -0.114. The highest BCUT2D eigenvalue weighted by Crippen LogP contribution is 2.46. The van der Waals surface area contributed by atoms with E-state index in [0.717, 1.165) is 11.4 Å². The first-order valence-electron chi connectivity index (χ1n) is 9.09. The molecule has 0 saturated heterocycles. The van der Waals surface area contributed by atoms with Gasteiger partial charge in [0.2, 0.25) is 5.91 Å².